The van der Waals surface area contributed by atoms with Crippen molar-refractivity contribution in [3.63, 3.8) is 0 Å². The Hall–Kier alpha value is -0.730. The summed E-state index contributed by atoms with van der Waals surface area (Å²) in [6.45, 7) is 9.63. The van der Waals surface area contributed by atoms with Crippen LogP contribution in [0.5, 0.6) is 0 Å². The first-order valence-corrected chi connectivity index (χ1v) is 7.09. The number of hydrogen-bond acceptors (Lipinski definition) is 1. The van der Waals surface area contributed by atoms with E-state index in [1.807, 2.05) is 6.92 Å². The minimum Gasteiger partial charge on any atom is -0.338 e. The van der Waals surface area contributed by atoms with E-state index >= 15 is 0 Å². The lowest BCUT2D eigenvalue weighted by molar-refractivity contribution is 0.187. The van der Waals surface area contributed by atoms with E-state index < -0.39 is 0 Å². The largest absolute Gasteiger partial charge is 0.338 e. The number of hydrogen-bond donors (Lipinski definition) is 2. The molecule has 0 aromatic rings. The van der Waals surface area contributed by atoms with E-state index in [1.54, 1.807) is 0 Å². The van der Waals surface area contributed by atoms with E-state index in [4.69, 9.17) is 0 Å². The van der Waals surface area contributed by atoms with Crippen molar-refractivity contribution in [3.05, 3.63) is 0 Å². The van der Waals surface area contributed by atoms with Crippen LogP contribution in [0, 0.1) is 17.8 Å². The number of rotatable bonds is 4. The Labute approximate surface area is 106 Å². The van der Waals surface area contributed by atoms with E-state index in [0.717, 1.165) is 30.6 Å². The van der Waals surface area contributed by atoms with Crippen molar-refractivity contribution in [2.75, 3.05) is 6.54 Å². The SMILES string of the molecule is CCNC(=O)N[C@H]1CC[C@@H](C(C)C(C)C)CC1. The monoisotopic (exact) mass is 240 g/mol. The molecule has 0 aliphatic heterocycles. The van der Waals surface area contributed by atoms with Crippen molar-refractivity contribution >= 4 is 6.03 Å². The maximum atomic E-state index is 11.4. The van der Waals surface area contributed by atoms with Gasteiger partial charge in [-0.1, -0.05) is 20.8 Å². The van der Waals surface area contributed by atoms with Gasteiger partial charge in [-0.05, 0) is 50.4 Å². The maximum absolute atomic E-state index is 11.4. The summed E-state index contributed by atoms with van der Waals surface area (Å²) < 4.78 is 0. The van der Waals surface area contributed by atoms with Crippen LogP contribution in [0.1, 0.15) is 53.4 Å². The van der Waals surface area contributed by atoms with Gasteiger partial charge in [0.05, 0.1) is 0 Å². The minimum atomic E-state index is -0.00661. The summed E-state index contributed by atoms with van der Waals surface area (Å²) in [7, 11) is 0. The molecule has 1 rings (SSSR count). The third-order valence-corrected chi connectivity index (χ3v) is 4.24. The van der Waals surface area contributed by atoms with Crippen molar-refractivity contribution in [2.24, 2.45) is 17.8 Å². The minimum absolute atomic E-state index is 0.00661. The summed E-state index contributed by atoms with van der Waals surface area (Å²) in [5.74, 6) is 2.43. The van der Waals surface area contributed by atoms with Crippen LogP contribution in [-0.4, -0.2) is 18.6 Å². The molecule has 1 atom stereocenters. The van der Waals surface area contributed by atoms with Gasteiger partial charge in [-0.3, -0.25) is 0 Å². The zero-order valence-corrected chi connectivity index (χ0v) is 11.8. The molecule has 100 valence electrons. The number of nitrogens with one attached hydrogen (secondary N) is 2. The average Bonchev–Trinajstić information content (AvgIpc) is 2.29. The molecule has 17 heavy (non-hydrogen) atoms. The molecule has 0 aromatic carbocycles. The van der Waals surface area contributed by atoms with Crippen LogP contribution in [0.15, 0.2) is 0 Å². The Balaban J connectivity index is 2.28. The second-order valence-electron chi connectivity index (χ2n) is 5.72. The highest BCUT2D eigenvalue weighted by Gasteiger charge is 2.27. The lowest BCUT2D eigenvalue weighted by Crippen LogP contribution is -2.44. The van der Waals surface area contributed by atoms with Crippen molar-refractivity contribution in [1.29, 1.82) is 0 Å². The third-order valence-electron chi connectivity index (χ3n) is 4.24. The van der Waals surface area contributed by atoms with Crippen molar-refractivity contribution in [2.45, 2.75) is 59.4 Å². The normalized spacial score (nSPS) is 26.6. The second-order valence-corrected chi connectivity index (χ2v) is 5.72. The molecule has 1 saturated carbocycles. The molecule has 1 fully saturated rings. The maximum Gasteiger partial charge on any atom is 0.314 e. The Morgan fingerprint density at radius 1 is 1.18 bits per heavy atom. The molecule has 1 aliphatic rings. The lowest BCUT2D eigenvalue weighted by atomic mass is 9.75. The van der Waals surface area contributed by atoms with Crippen molar-refractivity contribution < 1.29 is 4.79 Å². The summed E-state index contributed by atoms with van der Waals surface area (Å²) in [5.41, 5.74) is 0. The fourth-order valence-electron chi connectivity index (χ4n) is 2.73. The molecule has 0 spiro atoms. The van der Waals surface area contributed by atoms with Crippen LogP contribution in [0.2, 0.25) is 0 Å². The Kier molecular flexibility index (Phi) is 5.79. The Morgan fingerprint density at radius 2 is 1.76 bits per heavy atom. The van der Waals surface area contributed by atoms with E-state index in [-0.39, 0.29) is 6.03 Å². The molecule has 0 saturated heterocycles. The molecule has 1 unspecified atom stereocenters. The van der Waals surface area contributed by atoms with Gasteiger partial charge in [-0.2, -0.15) is 0 Å². The Morgan fingerprint density at radius 3 is 2.24 bits per heavy atom. The van der Waals surface area contributed by atoms with Gasteiger partial charge in [0.1, 0.15) is 0 Å². The van der Waals surface area contributed by atoms with E-state index in [0.29, 0.717) is 12.6 Å². The first-order valence-electron chi connectivity index (χ1n) is 7.09. The van der Waals surface area contributed by atoms with Gasteiger partial charge in [-0.25, -0.2) is 4.79 Å². The topological polar surface area (TPSA) is 41.1 Å². The van der Waals surface area contributed by atoms with E-state index in [1.165, 1.54) is 12.8 Å². The molecule has 0 aromatic heterocycles. The molecular formula is C14H28N2O. The highest BCUT2D eigenvalue weighted by Crippen LogP contribution is 2.33. The summed E-state index contributed by atoms with van der Waals surface area (Å²) in [5, 5.41) is 5.85. The predicted molar refractivity (Wildman–Crippen MR) is 72.0 cm³/mol. The molecule has 2 amide bonds. The van der Waals surface area contributed by atoms with Crippen LogP contribution >= 0.6 is 0 Å². The zero-order chi connectivity index (χ0) is 12.8. The summed E-state index contributed by atoms with van der Waals surface area (Å²) in [6, 6.07) is 0.380. The molecule has 2 N–H and O–H groups in total. The van der Waals surface area contributed by atoms with Gasteiger partial charge in [0.2, 0.25) is 0 Å². The van der Waals surface area contributed by atoms with Gasteiger partial charge < -0.3 is 10.6 Å². The number of carbonyl (C=O) groups is 1. The lowest BCUT2D eigenvalue weighted by Gasteiger charge is -2.34. The van der Waals surface area contributed by atoms with E-state index in [2.05, 4.69) is 31.4 Å². The molecular weight excluding hydrogens is 212 g/mol. The van der Waals surface area contributed by atoms with Gasteiger partial charge in [0, 0.05) is 12.6 Å². The van der Waals surface area contributed by atoms with Crippen LogP contribution in [0.3, 0.4) is 0 Å². The van der Waals surface area contributed by atoms with Gasteiger partial charge >= 0.3 is 6.03 Å². The number of amides is 2. The smallest absolute Gasteiger partial charge is 0.314 e. The van der Waals surface area contributed by atoms with Crippen LogP contribution in [0.25, 0.3) is 0 Å². The molecule has 3 heteroatoms. The standard InChI is InChI=1S/C14H28N2O/c1-5-15-14(17)16-13-8-6-12(7-9-13)11(4)10(2)3/h10-13H,5-9H2,1-4H3,(H2,15,16,17)/t11?,12-,13+. The molecule has 0 radical (unpaired) electrons. The highest BCUT2D eigenvalue weighted by atomic mass is 16.2. The second kappa shape index (κ2) is 6.87. The molecule has 1 aliphatic carbocycles. The average molecular weight is 240 g/mol. The molecule has 0 heterocycles. The summed E-state index contributed by atoms with van der Waals surface area (Å²) in [4.78, 5) is 11.4. The summed E-state index contributed by atoms with van der Waals surface area (Å²) in [6.07, 6.45) is 4.80. The first-order chi connectivity index (χ1) is 8.04. The van der Waals surface area contributed by atoms with Gasteiger partial charge in [-0.15, -0.1) is 0 Å². The quantitative estimate of drug-likeness (QED) is 0.778. The number of urea groups is 1. The van der Waals surface area contributed by atoms with Gasteiger partial charge in [0.15, 0.2) is 0 Å². The van der Waals surface area contributed by atoms with Crippen LogP contribution in [-0.2, 0) is 0 Å². The fourth-order valence-corrected chi connectivity index (χ4v) is 2.73. The fraction of sp³-hybridized carbons (Fsp3) is 0.929. The Bertz CT molecular complexity index is 232. The summed E-state index contributed by atoms with van der Waals surface area (Å²) >= 11 is 0. The van der Waals surface area contributed by atoms with Crippen LogP contribution in [0.4, 0.5) is 4.79 Å². The molecule has 3 nitrogen and oxygen atoms in total. The predicted octanol–water partition coefficient (Wildman–Crippen LogP) is 3.16. The van der Waals surface area contributed by atoms with Gasteiger partial charge in [0.25, 0.3) is 0 Å². The van der Waals surface area contributed by atoms with E-state index in [9.17, 15) is 4.79 Å². The van der Waals surface area contributed by atoms with Crippen molar-refractivity contribution in [3.8, 4) is 0 Å². The number of carbonyl (C=O) groups excluding carboxylic acids is 1. The highest BCUT2D eigenvalue weighted by molar-refractivity contribution is 5.74. The third kappa shape index (κ3) is 4.57. The first kappa shape index (κ1) is 14.3. The molecule has 0 bridgehead atoms. The zero-order valence-electron chi connectivity index (χ0n) is 11.8. The van der Waals surface area contributed by atoms with Crippen LogP contribution < -0.4 is 10.6 Å². The van der Waals surface area contributed by atoms with Crippen molar-refractivity contribution in [1.82, 2.24) is 10.6 Å².